The monoisotopic (exact) mass is 206 g/mol. The molecule has 15 heavy (non-hydrogen) atoms. The van der Waals surface area contributed by atoms with Crippen LogP contribution in [0.5, 0.6) is 5.75 Å². The van der Waals surface area contributed by atoms with Gasteiger partial charge < -0.3 is 9.84 Å². The maximum atomic E-state index is 9.25. The molecule has 3 nitrogen and oxygen atoms in total. The van der Waals surface area contributed by atoms with E-state index in [0.29, 0.717) is 6.61 Å². The first-order valence-electron chi connectivity index (χ1n) is 4.34. The number of hydrogen-bond acceptors (Lipinski definition) is 2. The molecule has 0 bridgehead atoms. The van der Waals surface area contributed by atoms with Crippen molar-refractivity contribution in [2.75, 3.05) is 6.61 Å². The minimum Gasteiger partial charge on any atom is -0.490 e. The summed E-state index contributed by atoms with van der Waals surface area (Å²) in [6, 6.07) is 9.69. The van der Waals surface area contributed by atoms with Crippen LogP contribution in [-0.2, 0) is 4.79 Å². The maximum Gasteiger partial charge on any atom is 0.327 e. The zero-order chi connectivity index (χ0) is 11.5. The molecule has 0 spiro atoms. The molecule has 0 amide bonds. The summed E-state index contributed by atoms with van der Waals surface area (Å²) in [6.45, 7) is 7.08. The smallest absolute Gasteiger partial charge is 0.327 e. The number of carboxylic acids is 1. The Bertz CT molecular complexity index is 304. The summed E-state index contributed by atoms with van der Waals surface area (Å²) >= 11 is 0. The van der Waals surface area contributed by atoms with Gasteiger partial charge in [0.15, 0.2) is 0 Å². The maximum absolute atomic E-state index is 9.25. The van der Waals surface area contributed by atoms with Crippen molar-refractivity contribution in [3.8, 4) is 5.75 Å². The fourth-order valence-corrected chi connectivity index (χ4v) is 0.672. The van der Waals surface area contributed by atoms with Crippen LogP contribution in [0, 0.1) is 0 Å². The van der Waals surface area contributed by atoms with E-state index in [1.54, 1.807) is 6.08 Å². The van der Waals surface area contributed by atoms with E-state index in [-0.39, 0.29) is 0 Å². The SMILES string of the molecule is C=CC(=O)O.C=CCOc1ccccc1. The highest BCUT2D eigenvalue weighted by Gasteiger charge is 1.84. The largest absolute Gasteiger partial charge is 0.490 e. The van der Waals surface area contributed by atoms with Crippen molar-refractivity contribution >= 4 is 5.97 Å². The molecule has 0 aliphatic heterocycles. The van der Waals surface area contributed by atoms with Crippen LogP contribution in [0.15, 0.2) is 55.6 Å². The van der Waals surface area contributed by atoms with Gasteiger partial charge in [-0.25, -0.2) is 4.79 Å². The Morgan fingerprint density at radius 1 is 1.33 bits per heavy atom. The van der Waals surface area contributed by atoms with E-state index < -0.39 is 5.97 Å². The first kappa shape index (κ1) is 13.0. The number of carbonyl (C=O) groups is 1. The summed E-state index contributed by atoms with van der Waals surface area (Å²) < 4.78 is 5.24. The van der Waals surface area contributed by atoms with Gasteiger partial charge in [-0.05, 0) is 12.1 Å². The Labute approximate surface area is 89.3 Å². The topological polar surface area (TPSA) is 46.5 Å². The van der Waals surface area contributed by atoms with Crippen LogP contribution in [0.4, 0.5) is 0 Å². The van der Waals surface area contributed by atoms with Gasteiger partial charge in [0.2, 0.25) is 0 Å². The molecule has 0 saturated carbocycles. The van der Waals surface area contributed by atoms with Crippen LogP contribution in [0.2, 0.25) is 0 Å². The lowest BCUT2D eigenvalue weighted by Crippen LogP contribution is -1.91. The van der Waals surface area contributed by atoms with Crippen molar-refractivity contribution in [3.63, 3.8) is 0 Å². The van der Waals surface area contributed by atoms with E-state index in [1.165, 1.54) is 0 Å². The van der Waals surface area contributed by atoms with E-state index in [9.17, 15) is 4.79 Å². The van der Waals surface area contributed by atoms with E-state index in [2.05, 4.69) is 13.2 Å². The average Bonchev–Trinajstić information content (AvgIpc) is 2.28. The highest BCUT2D eigenvalue weighted by atomic mass is 16.5. The Kier molecular flexibility index (Phi) is 7.40. The van der Waals surface area contributed by atoms with Gasteiger partial charge in [-0.1, -0.05) is 37.4 Å². The third kappa shape index (κ3) is 8.30. The molecule has 0 atom stereocenters. The number of hydrogen-bond donors (Lipinski definition) is 1. The fraction of sp³-hybridized carbons (Fsp3) is 0.0833. The zero-order valence-corrected chi connectivity index (χ0v) is 8.43. The molecule has 3 heteroatoms. The highest BCUT2D eigenvalue weighted by Crippen LogP contribution is 2.07. The summed E-state index contributed by atoms with van der Waals surface area (Å²) in [5.74, 6) is -0.0904. The van der Waals surface area contributed by atoms with Crippen molar-refractivity contribution in [2.45, 2.75) is 0 Å². The summed E-state index contributed by atoms with van der Waals surface area (Å²) in [6.07, 6.45) is 2.56. The number of rotatable bonds is 4. The number of ether oxygens (including phenoxy) is 1. The van der Waals surface area contributed by atoms with E-state index in [1.807, 2.05) is 30.3 Å². The third-order valence-corrected chi connectivity index (χ3v) is 1.29. The first-order chi connectivity index (χ1) is 7.20. The minimum atomic E-state index is -0.981. The second kappa shape index (κ2) is 8.56. The van der Waals surface area contributed by atoms with Crippen molar-refractivity contribution in [1.82, 2.24) is 0 Å². The summed E-state index contributed by atoms with van der Waals surface area (Å²) in [7, 11) is 0. The second-order valence-corrected chi connectivity index (χ2v) is 2.46. The Hall–Kier alpha value is -2.03. The minimum absolute atomic E-state index is 0.573. The molecular weight excluding hydrogens is 192 g/mol. The third-order valence-electron chi connectivity index (χ3n) is 1.29. The first-order valence-corrected chi connectivity index (χ1v) is 4.34. The van der Waals surface area contributed by atoms with Gasteiger partial charge in [0, 0.05) is 6.08 Å². The molecule has 0 aromatic heterocycles. The van der Waals surface area contributed by atoms with Gasteiger partial charge in [0.25, 0.3) is 0 Å². The molecule has 1 aromatic carbocycles. The highest BCUT2D eigenvalue weighted by molar-refractivity contribution is 5.78. The molecule has 0 saturated heterocycles. The Morgan fingerprint density at radius 3 is 2.27 bits per heavy atom. The van der Waals surface area contributed by atoms with Crippen molar-refractivity contribution < 1.29 is 14.6 Å². The normalized spacial score (nSPS) is 8.00. The lowest BCUT2D eigenvalue weighted by Gasteiger charge is -1.99. The zero-order valence-electron chi connectivity index (χ0n) is 8.43. The molecule has 80 valence electrons. The number of para-hydroxylation sites is 1. The van der Waals surface area contributed by atoms with Crippen LogP contribution in [0.25, 0.3) is 0 Å². The average molecular weight is 206 g/mol. The standard InChI is InChI=1S/C9H10O.C3H4O2/c1-2-8-10-9-6-4-3-5-7-9;1-2-3(4)5/h2-7H,1,8H2;2H,1H2,(H,4,5). The van der Waals surface area contributed by atoms with Crippen LogP contribution in [0.3, 0.4) is 0 Å². The Morgan fingerprint density at radius 2 is 1.87 bits per heavy atom. The fourth-order valence-electron chi connectivity index (χ4n) is 0.672. The van der Waals surface area contributed by atoms with Gasteiger partial charge in [-0.15, -0.1) is 0 Å². The lowest BCUT2D eigenvalue weighted by atomic mass is 10.3. The predicted molar refractivity (Wildman–Crippen MR) is 60.0 cm³/mol. The summed E-state index contributed by atoms with van der Waals surface area (Å²) in [5, 5.41) is 7.60. The van der Waals surface area contributed by atoms with Gasteiger partial charge in [0.05, 0.1) is 0 Å². The molecule has 1 aromatic rings. The van der Waals surface area contributed by atoms with Crippen LogP contribution in [-0.4, -0.2) is 17.7 Å². The molecule has 0 heterocycles. The predicted octanol–water partition coefficient (Wildman–Crippen LogP) is 2.51. The molecule has 0 radical (unpaired) electrons. The molecule has 0 unspecified atom stereocenters. The Balaban J connectivity index is 0.000000336. The lowest BCUT2D eigenvalue weighted by molar-refractivity contribution is -0.131. The number of benzene rings is 1. The van der Waals surface area contributed by atoms with Crippen molar-refractivity contribution in [1.29, 1.82) is 0 Å². The van der Waals surface area contributed by atoms with Crippen LogP contribution < -0.4 is 4.74 Å². The molecule has 0 aliphatic carbocycles. The summed E-state index contributed by atoms with van der Waals surface area (Å²) in [5.41, 5.74) is 0. The van der Waals surface area contributed by atoms with E-state index in [0.717, 1.165) is 11.8 Å². The quantitative estimate of drug-likeness (QED) is 0.608. The second-order valence-electron chi connectivity index (χ2n) is 2.46. The molecular formula is C12H14O3. The number of carboxylic acid groups (broad SMARTS) is 1. The molecule has 0 aliphatic rings. The van der Waals surface area contributed by atoms with E-state index in [4.69, 9.17) is 9.84 Å². The van der Waals surface area contributed by atoms with Crippen molar-refractivity contribution in [2.24, 2.45) is 0 Å². The van der Waals surface area contributed by atoms with Gasteiger partial charge in [0.1, 0.15) is 12.4 Å². The van der Waals surface area contributed by atoms with Crippen LogP contribution in [0.1, 0.15) is 0 Å². The van der Waals surface area contributed by atoms with Gasteiger partial charge >= 0.3 is 5.97 Å². The van der Waals surface area contributed by atoms with Crippen LogP contribution >= 0.6 is 0 Å². The van der Waals surface area contributed by atoms with Gasteiger partial charge in [-0.2, -0.15) is 0 Å². The number of aliphatic carboxylic acids is 1. The van der Waals surface area contributed by atoms with Gasteiger partial charge in [-0.3, -0.25) is 0 Å². The van der Waals surface area contributed by atoms with Crippen molar-refractivity contribution in [3.05, 3.63) is 55.6 Å². The molecule has 1 rings (SSSR count). The molecule has 0 fully saturated rings. The molecule has 1 N–H and O–H groups in total. The summed E-state index contributed by atoms with van der Waals surface area (Å²) in [4.78, 5) is 9.25. The van der Waals surface area contributed by atoms with E-state index >= 15 is 0 Å².